The van der Waals surface area contributed by atoms with E-state index in [2.05, 4.69) is 20.5 Å². The second-order valence-corrected chi connectivity index (χ2v) is 2.56. The summed E-state index contributed by atoms with van der Waals surface area (Å²) in [5.41, 5.74) is 0.857. The maximum absolute atomic E-state index is 12.8. The van der Waals surface area contributed by atoms with E-state index in [0.29, 0.717) is 10.6 Å². The first-order valence-corrected chi connectivity index (χ1v) is 10.5. The van der Waals surface area contributed by atoms with Gasteiger partial charge < -0.3 is 0 Å². The molecule has 0 bridgehead atoms. The molecule has 4 heteroatoms. The molecule has 1 aromatic carbocycles. The third-order valence-electron chi connectivity index (χ3n) is 1.38. The van der Waals surface area contributed by atoms with Crippen LogP contribution in [-0.4, -0.2) is 0 Å². The van der Waals surface area contributed by atoms with Gasteiger partial charge in [0, 0.05) is 5.82 Å². The van der Waals surface area contributed by atoms with E-state index in [1.807, 2.05) is 0 Å². The molecular weight excluding hydrogens is 296 g/mol. The molecule has 0 fully saturated rings. The zero-order valence-electron chi connectivity index (χ0n) is 6.70. The van der Waals surface area contributed by atoms with E-state index in [0.717, 1.165) is 0 Å². The van der Waals surface area contributed by atoms with Crippen molar-refractivity contribution in [2.75, 3.05) is 0 Å². The molecule has 0 N–H and O–H groups in total. The second kappa shape index (κ2) is 5.96. The Labute approximate surface area is 93.5 Å². The van der Waals surface area contributed by atoms with E-state index in [9.17, 15) is 4.39 Å². The summed E-state index contributed by atoms with van der Waals surface area (Å²) >= 11 is 9.83. The van der Waals surface area contributed by atoms with Gasteiger partial charge in [0.25, 0.3) is 0 Å². The van der Waals surface area contributed by atoms with Crippen LogP contribution in [0.2, 0.25) is 5.02 Å². The van der Waals surface area contributed by atoms with Gasteiger partial charge in [-0.2, -0.15) is 18.5 Å². The number of halogens is 3. The van der Waals surface area contributed by atoms with Crippen molar-refractivity contribution >= 4 is 25.2 Å². The molecule has 0 aliphatic heterocycles. The molecule has 0 unspecified atom stereocenters. The minimum atomic E-state index is -0.312. The van der Waals surface area contributed by atoms with Crippen LogP contribution in [0.5, 0.6) is 0 Å². The topological polar surface area (TPSA) is 0 Å². The Kier molecular flexibility index (Phi) is 6.16. The molecule has 0 nitrogen and oxygen atoms in total. The van der Waals surface area contributed by atoms with Gasteiger partial charge in [-0.05, 0) is 6.92 Å². The predicted octanol–water partition coefficient (Wildman–Crippen LogP) is 3.81. The molecule has 0 radical (unpaired) electrons. The third kappa shape index (κ3) is 3.04. The van der Waals surface area contributed by atoms with Crippen LogP contribution < -0.4 is 0 Å². The molecule has 0 atom stereocenters. The first kappa shape index (κ1) is 12.4. The molecule has 0 spiro atoms. The van der Waals surface area contributed by atoms with Gasteiger partial charge >= 0.3 is 30.0 Å². The zero-order chi connectivity index (χ0) is 9.72. The summed E-state index contributed by atoms with van der Waals surface area (Å²) < 4.78 is 12.8. The zero-order valence-corrected chi connectivity index (χ0v) is 12.0. The summed E-state index contributed by atoms with van der Waals surface area (Å²) in [5, 5.41) is 0.378. The molecule has 0 aromatic heterocycles. The average Bonchev–Trinajstić information content (AvgIpc) is 2.12. The first-order chi connectivity index (χ1) is 5.63. The Balaban J connectivity index is 0.000000561. The monoisotopic (exact) mass is 300 g/mol. The van der Waals surface area contributed by atoms with Crippen molar-refractivity contribution in [1.82, 2.24) is 0 Å². The van der Waals surface area contributed by atoms with Crippen molar-refractivity contribution in [2.45, 2.75) is 6.92 Å². The fraction of sp³-hybridized carbons (Fsp3) is 0.125. The van der Waals surface area contributed by atoms with E-state index in [1.165, 1.54) is 16.3 Å². The molecular formula is C8H7BrClFZn. The van der Waals surface area contributed by atoms with Crippen molar-refractivity contribution in [3.05, 3.63) is 41.0 Å². The normalized spacial score (nSPS) is 8.83. The molecule has 0 amide bonds. The fourth-order valence-corrected chi connectivity index (χ4v) is 0.861. The SMILES string of the molecule is [CH2-]c1c(Cl)ccc(C)c1F.[Zn+][Br]. The van der Waals surface area contributed by atoms with Crippen molar-refractivity contribution in [2.24, 2.45) is 0 Å². The summed E-state index contributed by atoms with van der Waals surface area (Å²) in [6.45, 7) is 5.15. The molecule has 1 aromatic rings. The summed E-state index contributed by atoms with van der Waals surface area (Å²) in [7, 11) is 0. The van der Waals surface area contributed by atoms with E-state index < -0.39 is 0 Å². The van der Waals surface area contributed by atoms with Gasteiger partial charge in [-0.1, -0.05) is 16.7 Å². The number of benzene rings is 1. The molecule has 0 saturated heterocycles. The van der Waals surface area contributed by atoms with Crippen LogP contribution in [-0.2, 0) is 16.3 Å². The molecule has 0 aliphatic rings. The average molecular weight is 303 g/mol. The molecule has 0 saturated carbocycles. The Morgan fingerprint density at radius 2 is 2.00 bits per heavy atom. The molecule has 62 valence electrons. The van der Waals surface area contributed by atoms with Crippen LogP contribution in [0.3, 0.4) is 0 Å². The number of aryl methyl sites for hydroxylation is 1. The van der Waals surface area contributed by atoms with E-state index >= 15 is 0 Å². The van der Waals surface area contributed by atoms with Gasteiger partial charge in [0.15, 0.2) is 0 Å². The Morgan fingerprint density at radius 1 is 1.50 bits per heavy atom. The quantitative estimate of drug-likeness (QED) is 0.505. The maximum atomic E-state index is 12.8. The van der Waals surface area contributed by atoms with Gasteiger partial charge in [0.1, 0.15) is 0 Å². The summed E-state index contributed by atoms with van der Waals surface area (Å²) in [6, 6.07) is 3.27. The molecule has 0 aliphatic carbocycles. The van der Waals surface area contributed by atoms with Crippen LogP contribution >= 0.6 is 25.2 Å². The second-order valence-electron chi connectivity index (χ2n) is 2.16. The number of hydrogen-bond acceptors (Lipinski definition) is 0. The van der Waals surface area contributed by atoms with Crippen LogP contribution in [0.15, 0.2) is 12.1 Å². The molecule has 0 heterocycles. The standard InChI is InChI=1S/C8H7ClF.BrH.Zn/c1-5-3-4-7(9)6(2)8(5)10;;/h3-4H,2H2,1H3;1H;/q-1;;+2/p-1. The van der Waals surface area contributed by atoms with Crippen LogP contribution in [0, 0.1) is 19.7 Å². The van der Waals surface area contributed by atoms with Gasteiger partial charge in [0.2, 0.25) is 0 Å². The van der Waals surface area contributed by atoms with E-state index in [4.69, 9.17) is 11.6 Å². The molecule has 1 rings (SSSR count). The Bertz CT molecular complexity index is 238. The minimum absolute atomic E-state index is 0.279. The predicted molar refractivity (Wildman–Crippen MR) is 49.5 cm³/mol. The van der Waals surface area contributed by atoms with E-state index in [-0.39, 0.29) is 11.4 Å². The molecule has 12 heavy (non-hydrogen) atoms. The summed E-state index contributed by atoms with van der Waals surface area (Å²) in [5.74, 6) is -0.312. The van der Waals surface area contributed by atoms with Gasteiger partial charge in [0.05, 0.1) is 0 Å². The fourth-order valence-electron chi connectivity index (χ4n) is 0.715. The van der Waals surface area contributed by atoms with Crippen molar-refractivity contribution in [1.29, 1.82) is 0 Å². The van der Waals surface area contributed by atoms with Crippen molar-refractivity contribution in [3.63, 3.8) is 0 Å². The van der Waals surface area contributed by atoms with Crippen molar-refractivity contribution < 1.29 is 20.7 Å². The van der Waals surface area contributed by atoms with Gasteiger partial charge in [-0.15, -0.1) is 11.6 Å². The van der Waals surface area contributed by atoms with Gasteiger partial charge in [-0.25, -0.2) is 0 Å². The summed E-state index contributed by atoms with van der Waals surface area (Å²) in [6.07, 6.45) is 0. The van der Waals surface area contributed by atoms with Crippen molar-refractivity contribution in [3.8, 4) is 0 Å². The third-order valence-corrected chi connectivity index (χ3v) is 1.73. The van der Waals surface area contributed by atoms with Crippen LogP contribution in [0.1, 0.15) is 11.1 Å². The Hall–Kier alpha value is 0.413. The van der Waals surface area contributed by atoms with Crippen LogP contribution in [0.25, 0.3) is 0 Å². The number of rotatable bonds is 0. The number of hydrogen-bond donors (Lipinski definition) is 0. The van der Waals surface area contributed by atoms with Crippen LogP contribution in [0.4, 0.5) is 4.39 Å². The summed E-state index contributed by atoms with van der Waals surface area (Å²) in [4.78, 5) is 0. The van der Waals surface area contributed by atoms with Gasteiger partial charge in [-0.3, -0.25) is 4.39 Å². The van der Waals surface area contributed by atoms with E-state index in [1.54, 1.807) is 19.1 Å². The Morgan fingerprint density at radius 3 is 2.42 bits per heavy atom. The first-order valence-electron chi connectivity index (χ1n) is 3.16.